The third kappa shape index (κ3) is 5.91. The van der Waals surface area contributed by atoms with E-state index in [1.165, 1.54) is 6.92 Å². The maximum atomic E-state index is 13.1. The van der Waals surface area contributed by atoms with E-state index in [1.807, 2.05) is 27.7 Å². The summed E-state index contributed by atoms with van der Waals surface area (Å²) in [5.74, 6) is -4.64. The highest BCUT2D eigenvalue weighted by atomic mass is 79.9. The van der Waals surface area contributed by atoms with Crippen molar-refractivity contribution in [3.8, 4) is 0 Å². The van der Waals surface area contributed by atoms with E-state index in [2.05, 4.69) is 15.9 Å². The molecule has 0 saturated heterocycles. The van der Waals surface area contributed by atoms with Crippen LogP contribution in [0.5, 0.6) is 0 Å². The minimum absolute atomic E-state index is 0.105. The number of esters is 2. The average Bonchev–Trinajstić information content (AvgIpc) is 2.63. The maximum absolute atomic E-state index is 13.1. The molecule has 0 heterocycles. The van der Waals surface area contributed by atoms with Gasteiger partial charge in [0.2, 0.25) is 0 Å². The Balaban J connectivity index is 2.51. The molecular weight excluding hydrogens is 452 g/mol. The molecule has 0 radical (unpaired) electrons. The van der Waals surface area contributed by atoms with Gasteiger partial charge in [0.05, 0.1) is 24.7 Å². The quantitative estimate of drug-likeness (QED) is 0.468. The van der Waals surface area contributed by atoms with Crippen molar-refractivity contribution >= 4 is 33.7 Å². The molecule has 1 aliphatic carbocycles. The van der Waals surface area contributed by atoms with Crippen molar-refractivity contribution < 1.29 is 29.0 Å². The van der Waals surface area contributed by atoms with Crippen LogP contribution in [0.3, 0.4) is 0 Å². The largest absolute Gasteiger partial charge is 0.465 e. The molecule has 1 aromatic carbocycles. The summed E-state index contributed by atoms with van der Waals surface area (Å²) >= 11 is 3.37. The molecule has 2 rings (SSSR count). The van der Waals surface area contributed by atoms with Gasteiger partial charge in [0.15, 0.2) is 5.78 Å². The summed E-state index contributed by atoms with van der Waals surface area (Å²) in [7, 11) is 0. The number of carbonyl (C=O) groups excluding carboxylic acids is 3. The zero-order valence-corrected chi connectivity index (χ0v) is 19.8. The Hall–Kier alpha value is -1.73. The van der Waals surface area contributed by atoms with Crippen LogP contribution in [0.4, 0.5) is 0 Å². The molecule has 0 spiro atoms. The van der Waals surface area contributed by atoms with E-state index in [1.54, 1.807) is 24.3 Å². The first kappa shape index (κ1) is 24.5. The molecular formula is C23H31BrO6. The predicted molar refractivity (Wildman–Crippen MR) is 116 cm³/mol. The molecule has 0 aliphatic heterocycles. The minimum Gasteiger partial charge on any atom is -0.465 e. The van der Waals surface area contributed by atoms with Gasteiger partial charge < -0.3 is 14.6 Å². The minimum atomic E-state index is -1.64. The second-order valence-corrected chi connectivity index (χ2v) is 10.00. The van der Waals surface area contributed by atoms with E-state index < -0.39 is 41.1 Å². The van der Waals surface area contributed by atoms with Crippen molar-refractivity contribution in [1.82, 2.24) is 0 Å². The van der Waals surface area contributed by atoms with Gasteiger partial charge in [-0.1, -0.05) is 55.8 Å². The number of ketones is 1. The van der Waals surface area contributed by atoms with Gasteiger partial charge in [0.25, 0.3) is 0 Å². The van der Waals surface area contributed by atoms with E-state index in [4.69, 9.17) is 9.47 Å². The fourth-order valence-electron chi connectivity index (χ4n) is 3.78. The van der Waals surface area contributed by atoms with Gasteiger partial charge in [-0.15, -0.1) is 0 Å². The molecule has 166 valence electrons. The molecule has 1 aliphatic rings. The molecule has 1 fully saturated rings. The highest BCUT2D eigenvalue weighted by Crippen LogP contribution is 2.47. The van der Waals surface area contributed by atoms with Crippen LogP contribution in [0.1, 0.15) is 52.5 Å². The van der Waals surface area contributed by atoms with E-state index >= 15 is 0 Å². The number of Topliss-reactive ketones (excluding diaryl/α,β-unsaturated/α-hetero) is 1. The number of benzene rings is 1. The van der Waals surface area contributed by atoms with E-state index in [9.17, 15) is 19.5 Å². The van der Waals surface area contributed by atoms with Crippen LogP contribution in [0.2, 0.25) is 0 Å². The van der Waals surface area contributed by atoms with E-state index in [-0.39, 0.29) is 31.5 Å². The van der Waals surface area contributed by atoms with Crippen LogP contribution in [0, 0.1) is 23.7 Å². The van der Waals surface area contributed by atoms with Crippen LogP contribution in [-0.4, -0.2) is 41.6 Å². The lowest BCUT2D eigenvalue weighted by Crippen LogP contribution is -2.55. The monoisotopic (exact) mass is 482 g/mol. The molecule has 6 nitrogen and oxygen atoms in total. The lowest BCUT2D eigenvalue weighted by Gasteiger charge is -2.43. The van der Waals surface area contributed by atoms with Crippen molar-refractivity contribution in [1.29, 1.82) is 0 Å². The number of carbonyl (C=O) groups is 3. The number of halogens is 1. The highest BCUT2D eigenvalue weighted by Gasteiger charge is 2.57. The predicted octanol–water partition coefficient (Wildman–Crippen LogP) is 3.89. The molecule has 4 atom stereocenters. The molecule has 1 saturated carbocycles. The summed E-state index contributed by atoms with van der Waals surface area (Å²) in [5.41, 5.74) is -1.04. The summed E-state index contributed by atoms with van der Waals surface area (Å²) in [6.07, 6.45) is -0.317. The molecule has 1 N–H and O–H groups in total. The number of aliphatic hydroxyl groups is 1. The third-order valence-electron chi connectivity index (χ3n) is 5.15. The number of hydrogen-bond acceptors (Lipinski definition) is 6. The Morgan fingerprint density at radius 3 is 2.07 bits per heavy atom. The highest BCUT2D eigenvalue weighted by molar-refractivity contribution is 9.10. The maximum Gasteiger partial charge on any atom is 0.317 e. The van der Waals surface area contributed by atoms with Gasteiger partial charge in [-0.25, -0.2) is 0 Å². The first-order valence-electron chi connectivity index (χ1n) is 10.3. The Morgan fingerprint density at radius 2 is 1.57 bits per heavy atom. The zero-order valence-electron chi connectivity index (χ0n) is 18.2. The molecule has 1 aromatic rings. The number of rotatable bonds is 7. The zero-order chi connectivity index (χ0) is 22.6. The Labute approximate surface area is 186 Å². The topological polar surface area (TPSA) is 89.9 Å². The van der Waals surface area contributed by atoms with Gasteiger partial charge in [-0.05, 0) is 36.5 Å². The smallest absolute Gasteiger partial charge is 0.317 e. The third-order valence-corrected chi connectivity index (χ3v) is 5.68. The summed E-state index contributed by atoms with van der Waals surface area (Å²) in [4.78, 5) is 38.9. The first-order valence-corrected chi connectivity index (χ1v) is 11.1. The van der Waals surface area contributed by atoms with E-state index in [0.717, 1.165) is 4.47 Å². The summed E-state index contributed by atoms with van der Waals surface area (Å²) < 4.78 is 11.6. The average molecular weight is 483 g/mol. The van der Waals surface area contributed by atoms with Gasteiger partial charge >= 0.3 is 11.9 Å². The van der Waals surface area contributed by atoms with Crippen molar-refractivity contribution in [2.75, 3.05) is 13.2 Å². The second-order valence-electron chi connectivity index (χ2n) is 9.08. The Kier molecular flexibility index (Phi) is 8.22. The molecule has 0 unspecified atom stereocenters. The molecule has 0 aromatic heterocycles. The lowest BCUT2D eigenvalue weighted by atomic mass is 9.62. The van der Waals surface area contributed by atoms with Crippen LogP contribution in [-0.2, 0) is 23.9 Å². The van der Waals surface area contributed by atoms with Crippen LogP contribution < -0.4 is 0 Å². The molecule has 7 heteroatoms. The normalized spacial score (nSPS) is 26.7. The van der Waals surface area contributed by atoms with Crippen molar-refractivity contribution in [2.45, 2.75) is 52.6 Å². The van der Waals surface area contributed by atoms with Gasteiger partial charge in [0.1, 0.15) is 5.92 Å². The summed E-state index contributed by atoms with van der Waals surface area (Å²) in [6.45, 7) is 9.44. The fourth-order valence-corrected chi connectivity index (χ4v) is 4.04. The van der Waals surface area contributed by atoms with Gasteiger partial charge in [-0.2, -0.15) is 0 Å². The SMILES string of the molecule is CC(C)COC(=O)[C@H]1C(=O)C[C@](C)(O)[C@@H](C(=O)OCC(C)C)[C@@H]1c1ccc(Br)cc1. The Bertz CT molecular complexity index is 768. The fraction of sp³-hybridized carbons (Fsp3) is 0.609. The van der Waals surface area contributed by atoms with E-state index in [0.29, 0.717) is 5.56 Å². The van der Waals surface area contributed by atoms with Crippen LogP contribution >= 0.6 is 15.9 Å². The van der Waals surface area contributed by atoms with Gasteiger partial charge in [-0.3, -0.25) is 14.4 Å². The van der Waals surface area contributed by atoms with Gasteiger partial charge in [0, 0.05) is 16.8 Å². The van der Waals surface area contributed by atoms with Crippen molar-refractivity contribution in [3.05, 3.63) is 34.3 Å². The van der Waals surface area contributed by atoms with Crippen LogP contribution in [0.15, 0.2) is 28.7 Å². The molecule has 0 bridgehead atoms. The summed E-state index contributed by atoms with van der Waals surface area (Å²) in [6, 6.07) is 7.04. The van der Waals surface area contributed by atoms with Crippen molar-refractivity contribution in [2.24, 2.45) is 23.7 Å². The summed E-state index contributed by atoms with van der Waals surface area (Å²) in [5, 5.41) is 11.1. The number of hydrogen-bond donors (Lipinski definition) is 1. The van der Waals surface area contributed by atoms with Crippen molar-refractivity contribution in [3.63, 3.8) is 0 Å². The number of ether oxygens (including phenoxy) is 2. The molecule has 0 amide bonds. The van der Waals surface area contributed by atoms with Crippen LogP contribution in [0.25, 0.3) is 0 Å². The second kappa shape index (κ2) is 10.1. The lowest BCUT2D eigenvalue weighted by molar-refractivity contribution is -0.173. The Morgan fingerprint density at radius 1 is 1.07 bits per heavy atom. The first-order chi connectivity index (χ1) is 13.9. The standard InChI is InChI=1S/C23H31BrO6/c1-13(2)11-29-21(26)19-17(25)10-23(5,28)20(22(27)30-12-14(3)4)18(19)15-6-8-16(24)9-7-15/h6-9,13-14,18-20,28H,10-12H2,1-5H3/t18-,19+,20-,23+/m1/s1. The molecule has 30 heavy (non-hydrogen) atoms.